The maximum atomic E-state index is 13.0. The molecule has 1 nitrogen and oxygen atoms in total. The van der Waals surface area contributed by atoms with Gasteiger partial charge >= 0.3 is 0 Å². The smallest absolute Gasteiger partial charge is 0.123 e. The van der Waals surface area contributed by atoms with Crippen LogP contribution in [0.25, 0.3) is 0 Å². The Morgan fingerprint density at radius 2 is 1.70 bits per heavy atom. The van der Waals surface area contributed by atoms with Crippen molar-refractivity contribution in [2.24, 2.45) is 0 Å². The Kier molecular flexibility index (Phi) is 4.91. The molecule has 0 saturated carbocycles. The van der Waals surface area contributed by atoms with E-state index in [9.17, 15) is 4.39 Å². The molecule has 0 amide bonds. The van der Waals surface area contributed by atoms with Crippen LogP contribution in [0.15, 0.2) is 36.4 Å². The molecular formula is C18H22FN. The molecule has 2 aromatic carbocycles. The van der Waals surface area contributed by atoms with Gasteiger partial charge in [0.05, 0.1) is 0 Å². The molecule has 0 aromatic heterocycles. The Labute approximate surface area is 120 Å². The van der Waals surface area contributed by atoms with Crippen molar-refractivity contribution in [2.75, 3.05) is 6.54 Å². The Balaban J connectivity index is 1.86. The summed E-state index contributed by atoms with van der Waals surface area (Å²) in [6.45, 7) is 8.00. The summed E-state index contributed by atoms with van der Waals surface area (Å²) in [5.41, 5.74) is 6.20. The molecule has 0 aliphatic carbocycles. The van der Waals surface area contributed by atoms with Crippen molar-refractivity contribution in [3.8, 4) is 0 Å². The van der Waals surface area contributed by atoms with Crippen LogP contribution in [0.1, 0.15) is 27.8 Å². The van der Waals surface area contributed by atoms with E-state index in [2.05, 4.69) is 37.4 Å². The maximum absolute atomic E-state index is 13.0. The summed E-state index contributed by atoms with van der Waals surface area (Å²) in [7, 11) is 0. The quantitative estimate of drug-likeness (QED) is 0.808. The average molecular weight is 271 g/mol. The third-order valence-electron chi connectivity index (χ3n) is 3.70. The third kappa shape index (κ3) is 3.91. The minimum Gasteiger partial charge on any atom is -0.312 e. The monoisotopic (exact) mass is 271 g/mol. The van der Waals surface area contributed by atoms with E-state index in [0.717, 1.165) is 25.1 Å². The second kappa shape index (κ2) is 6.67. The van der Waals surface area contributed by atoms with Crippen LogP contribution in [0.5, 0.6) is 0 Å². The van der Waals surface area contributed by atoms with Crippen LogP contribution in [0.2, 0.25) is 0 Å². The SMILES string of the molecule is Cc1ccc(C)c(CNCCc2ccc(F)cc2C)c1. The average Bonchev–Trinajstić information content (AvgIpc) is 2.40. The molecule has 0 aliphatic heterocycles. The van der Waals surface area contributed by atoms with Gasteiger partial charge in [0.2, 0.25) is 0 Å². The van der Waals surface area contributed by atoms with E-state index in [0.29, 0.717) is 0 Å². The van der Waals surface area contributed by atoms with E-state index in [-0.39, 0.29) is 5.82 Å². The van der Waals surface area contributed by atoms with Gasteiger partial charge in [-0.3, -0.25) is 0 Å². The maximum Gasteiger partial charge on any atom is 0.123 e. The topological polar surface area (TPSA) is 12.0 Å². The number of benzene rings is 2. The number of aryl methyl sites for hydroxylation is 3. The molecule has 0 atom stereocenters. The standard InChI is InChI=1S/C18H22FN/c1-13-4-5-14(2)17(10-13)12-20-9-8-16-6-7-18(19)11-15(16)3/h4-7,10-11,20H,8-9,12H2,1-3H3. The predicted octanol–water partition coefficient (Wildman–Crippen LogP) is 4.08. The van der Waals surface area contributed by atoms with Crippen LogP contribution < -0.4 is 5.32 Å². The van der Waals surface area contributed by atoms with Gasteiger partial charge in [-0.05, 0) is 68.1 Å². The van der Waals surface area contributed by atoms with Crippen molar-refractivity contribution in [1.29, 1.82) is 0 Å². The van der Waals surface area contributed by atoms with E-state index in [1.165, 1.54) is 28.3 Å². The Morgan fingerprint density at radius 1 is 0.900 bits per heavy atom. The normalized spacial score (nSPS) is 10.8. The third-order valence-corrected chi connectivity index (χ3v) is 3.70. The van der Waals surface area contributed by atoms with Crippen molar-refractivity contribution >= 4 is 0 Å². The molecule has 0 fully saturated rings. The van der Waals surface area contributed by atoms with E-state index in [1.807, 2.05) is 13.0 Å². The fourth-order valence-corrected chi connectivity index (χ4v) is 2.38. The molecule has 0 heterocycles. The number of nitrogens with one attached hydrogen (secondary N) is 1. The van der Waals surface area contributed by atoms with Gasteiger partial charge in [0.1, 0.15) is 5.82 Å². The number of halogens is 1. The molecule has 106 valence electrons. The van der Waals surface area contributed by atoms with Gasteiger partial charge in [0.15, 0.2) is 0 Å². The van der Waals surface area contributed by atoms with Gasteiger partial charge in [-0.25, -0.2) is 4.39 Å². The van der Waals surface area contributed by atoms with Crippen LogP contribution in [-0.4, -0.2) is 6.54 Å². The molecule has 0 spiro atoms. The van der Waals surface area contributed by atoms with Gasteiger partial charge in [0.25, 0.3) is 0 Å². The van der Waals surface area contributed by atoms with Crippen molar-refractivity contribution in [1.82, 2.24) is 5.32 Å². The van der Waals surface area contributed by atoms with E-state index in [1.54, 1.807) is 6.07 Å². The second-order valence-corrected chi connectivity index (χ2v) is 5.43. The molecule has 0 saturated heterocycles. The van der Waals surface area contributed by atoms with Crippen molar-refractivity contribution < 1.29 is 4.39 Å². The lowest BCUT2D eigenvalue weighted by atomic mass is 10.0. The summed E-state index contributed by atoms with van der Waals surface area (Å²) >= 11 is 0. The lowest BCUT2D eigenvalue weighted by molar-refractivity contribution is 0.624. The molecule has 2 rings (SSSR count). The molecule has 20 heavy (non-hydrogen) atoms. The first-order valence-corrected chi connectivity index (χ1v) is 7.08. The highest BCUT2D eigenvalue weighted by atomic mass is 19.1. The summed E-state index contributed by atoms with van der Waals surface area (Å²) in [6.07, 6.45) is 0.928. The molecule has 2 aromatic rings. The van der Waals surface area contributed by atoms with E-state index in [4.69, 9.17) is 0 Å². The van der Waals surface area contributed by atoms with Crippen molar-refractivity contribution in [3.63, 3.8) is 0 Å². The molecular weight excluding hydrogens is 249 g/mol. The Hall–Kier alpha value is -1.67. The lowest BCUT2D eigenvalue weighted by Gasteiger charge is -2.10. The first-order valence-electron chi connectivity index (χ1n) is 7.08. The summed E-state index contributed by atoms with van der Waals surface area (Å²) < 4.78 is 13.0. The number of hydrogen-bond acceptors (Lipinski definition) is 1. The van der Waals surface area contributed by atoms with E-state index < -0.39 is 0 Å². The molecule has 1 N–H and O–H groups in total. The number of hydrogen-bond donors (Lipinski definition) is 1. The van der Waals surface area contributed by atoms with Gasteiger partial charge in [0, 0.05) is 6.54 Å². The van der Waals surface area contributed by atoms with Crippen LogP contribution in [0, 0.1) is 26.6 Å². The second-order valence-electron chi connectivity index (χ2n) is 5.43. The Bertz CT molecular complexity index is 590. The fourth-order valence-electron chi connectivity index (χ4n) is 2.38. The molecule has 0 unspecified atom stereocenters. The number of rotatable bonds is 5. The van der Waals surface area contributed by atoms with Gasteiger partial charge in [-0.2, -0.15) is 0 Å². The summed E-state index contributed by atoms with van der Waals surface area (Å²) in [6, 6.07) is 11.5. The van der Waals surface area contributed by atoms with Crippen LogP contribution in [0.4, 0.5) is 4.39 Å². The highest BCUT2D eigenvalue weighted by Gasteiger charge is 2.01. The minimum absolute atomic E-state index is 0.158. The largest absolute Gasteiger partial charge is 0.312 e. The van der Waals surface area contributed by atoms with Gasteiger partial charge in [-0.1, -0.05) is 29.8 Å². The van der Waals surface area contributed by atoms with Crippen LogP contribution in [0.3, 0.4) is 0 Å². The Morgan fingerprint density at radius 3 is 2.45 bits per heavy atom. The summed E-state index contributed by atoms with van der Waals surface area (Å²) in [5.74, 6) is -0.158. The van der Waals surface area contributed by atoms with Gasteiger partial charge in [-0.15, -0.1) is 0 Å². The summed E-state index contributed by atoms with van der Waals surface area (Å²) in [4.78, 5) is 0. The van der Waals surface area contributed by atoms with E-state index >= 15 is 0 Å². The highest BCUT2D eigenvalue weighted by Crippen LogP contribution is 2.12. The molecule has 0 bridgehead atoms. The first-order chi connectivity index (χ1) is 9.56. The molecule has 0 aliphatic rings. The van der Waals surface area contributed by atoms with Gasteiger partial charge < -0.3 is 5.32 Å². The minimum atomic E-state index is -0.158. The van der Waals surface area contributed by atoms with Crippen molar-refractivity contribution in [2.45, 2.75) is 33.7 Å². The van der Waals surface area contributed by atoms with Crippen LogP contribution in [-0.2, 0) is 13.0 Å². The first kappa shape index (κ1) is 14.7. The predicted molar refractivity (Wildman–Crippen MR) is 82.5 cm³/mol. The molecule has 2 heteroatoms. The fraction of sp³-hybridized carbons (Fsp3) is 0.333. The lowest BCUT2D eigenvalue weighted by Crippen LogP contribution is -2.17. The zero-order chi connectivity index (χ0) is 14.5. The molecule has 0 radical (unpaired) electrons. The van der Waals surface area contributed by atoms with Crippen LogP contribution >= 0.6 is 0 Å². The zero-order valence-electron chi connectivity index (χ0n) is 12.5. The van der Waals surface area contributed by atoms with Crippen molar-refractivity contribution in [3.05, 3.63) is 70.0 Å². The zero-order valence-corrected chi connectivity index (χ0v) is 12.5. The highest BCUT2D eigenvalue weighted by molar-refractivity contribution is 5.30. The summed E-state index contributed by atoms with van der Waals surface area (Å²) in [5, 5.41) is 3.47.